The Kier molecular flexibility index (Phi) is 7.28. The molecule has 0 aliphatic carbocycles. The number of aromatic nitrogens is 1. The molecule has 4 aromatic rings. The lowest BCUT2D eigenvalue weighted by Gasteiger charge is -2.16. The number of aliphatic carboxylic acids is 1. The predicted octanol–water partition coefficient (Wildman–Crippen LogP) is 3.82. The first-order valence-corrected chi connectivity index (χ1v) is 11.8. The van der Waals surface area contributed by atoms with Crippen molar-refractivity contribution >= 4 is 33.7 Å². The third-order valence-electron chi connectivity index (χ3n) is 6.00. The van der Waals surface area contributed by atoms with Crippen LogP contribution in [0.2, 0.25) is 0 Å². The molecule has 0 radical (unpaired) electrons. The third-order valence-corrected chi connectivity index (χ3v) is 6.00. The summed E-state index contributed by atoms with van der Waals surface area (Å²) in [6.07, 6.45) is 4.15. The van der Waals surface area contributed by atoms with Crippen molar-refractivity contribution < 1.29 is 29.0 Å². The average Bonchev–Trinajstić information content (AvgIpc) is 3.21. The Hall–Kier alpha value is -4.27. The second kappa shape index (κ2) is 10.6. The number of H-pyrrole nitrogens is 1. The number of ether oxygens (including phenoxy) is 1. The number of carbonyl (C=O) groups excluding carboxylic acids is 1. The molecule has 0 saturated carbocycles. The first-order chi connectivity index (χ1) is 17.2. The number of rotatable bonds is 10. The largest absolute Gasteiger partial charge is 0.508 e. The highest BCUT2D eigenvalue weighted by Crippen LogP contribution is 2.31. The molecule has 0 bridgehead atoms. The number of unbranched alkanes of at least 4 members (excludes halogenated alkanes) is 1. The van der Waals surface area contributed by atoms with Gasteiger partial charge in [-0.2, -0.15) is 0 Å². The Balaban J connectivity index is 1.52. The van der Waals surface area contributed by atoms with Gasteiger partial charge in [-0.3, -0.25) is 4.79 Å². The lowest BCUT2D eigenvalue weighted by atomic mass is 10.0. The number of carboxylic acid groups (broad SMARTS) is 1. The number of hydrogen-bond acceptors (Lipinski definition) is 6. The Morgan fingerprint density at radius 2 is 1.97 bits per heavy atom. The smallest absolute Gasteiger partial charge is 0.336 e. The summed E-state index contributed by atoms with van der Waals surface area (Å²) in [6, 6.07) is 8.53. The van der Waals surface area contributed by atoms with Crippen molar-refractivity contribution in [1.29, 1.82) is 0 Å². The molecule has 0 fully saturated rings. The van der Waals surface area contributed by atoms with Gasteiger partial charge in [0.15, 0.2) is 6.61 Å². The maximum Gasteiger partial charge on any atom is 0.336 e. The van der Waals surface area contributed by atoms with Gasteiger partial charge in [-0.25, -0.2) is 9.59 Å². The summed E-state index contributed by atoms with van der Waals surface area (Å²) in [5, 5.41) is 23.3. The molecule has 36 heavy (non-hydrogen) atoms. The zero-order chi connectivity index (χ0) is 25.8. The van der Waals surface area contributed by atoms with Gasteiger partial charge in [0.25, 0.3) is 5.91 Å². The average molecular weight is 493 g/mol. The quantitative estimate of drug-likeness (QED) is 0.247. The lowest BCUT2D eigenvalue weighted by molar-refractivity contribution is -0.142. The van der Waals surface area contributed by atoms with Crippen molar-refractivity contribution in [3.8, 4) is 11.5 Å². The second-order valence-corrected chi connectivity index (χ2v) is 8.83. The van der Waals surface area contributed by atoms with Crippen LogP contribution >= 0.6 is 0 Å². The number of aromatic hydroxyl groups is 1. The van der Waals surface area contributed by atoms with Gasteiger partial charge >= 0.3 is 11.6 Å². The second-order valence-electron chi connectivity index (χ2n) is 8.83. The number of amides is 1. The van der Waals surface area contributed by atoms with E-state index in [9.17, 15) is 24.6 Å². The summed E-state index contributed by atoms with van der Waals surface area (Å²) in [5.41, 5.74) is 2.91. The molecular formula is C27H28N2O7. The van der Waals surface area contributed by atoms with E-state index in [-0.39, 0.29) is 12.2 Å². The summed E-state index contributed by atoms with van der Waals surface area (Å²) in [7, 11) is 0. The molecule has 1 atom stereocenters. The fourth-order valence-electron chi connectivity index (χ4n) is 4.28. The molecule has 0 aliphatic heterocycles. The van der Waals surface area contributed by atoms with E-state index < -0.39 is 30.2 Å². The highest BCUT2D eigenvalue weighted by atomic mass is 16.5. The van der Waals surface area contributed by atoms with Crippen LogP contribution in [0.25, 0.3) is 21.9 Å². The molecule has 188 valence electrons. The lowest BCUT2D eigenvalue weighted by Crippen LogP contribution is -2.44. The number of aromatic amines is 1. The van der Waals surface area contributed by atoms with E-state index >= 15 is 0 Å². The van der Waals surface area contributed by atoms with Crippen LogP contribution in [-0.2, 0) is 22.4 Å². The summed E-state index contributed by atoms with van der Waals surface area (Å²) < 4.78 is 11.2. The van der Waals surface area contributed by atoms with E-state index in [2.05, 4.69) is 17.2 Å². The van der Waals surface area contributed by atoms with Crippen LogP contribution in [0.5, 0.6) is 11.5 Å². The van der Waals surface area contributed by atoms with Crippen molar-refractivity contribution in [1.82, 2.24) is 10.3 Å². The molecule has 9 heteroatoms. The van der Waals surface area contributed by atoms with Gasteiger partial charge in [0.05, 0.1) is 5.39 Å². The normalized spacial score (nSPS) is 12.1. The maximum absolute atomic E-state index is 12.7. The predicted molar refractivity (Wildman–Crippen MR) is 135 cm³/mol. The van der Waals surface area contributed by atoms with E-state index in [0.29, 0.717) is 34.1 Å². The summed E-state index contributed by atoms with van der Waals surface area (Å²) in [4.78, 5) is 39.6. The zero-order valence-corrected chi connectivity index (χ0v) is 20.1. The SMILES string of the molecule is CCCCc1cc(=O)oc2cc(C)cc(OCC(=O)NC(Cc3c[nH]c4ccc(O)cc34)C(=O)O)c12. The van der Waals surface area contributed by atoms with Crippen LogP contribution in [0.1, 0.15) is 36.5 Å². The Morgan fingerprint density at radius 3 is 2.72 bits per heavy atom. The fraction of sp³-hybridized carbons (Fsp3) is 0.296. The van der Waals surface area contributed by atoms with Crippen LogP contribution in [0, 0.1) is 6.92 Å². The summed E-state index contributed by atoms with van der Waals surface area (Å²) >= 11 is 0. The molecular weight excluding hydrogens is 464 g/mol. The molecule has 0 aliphatic rings. The van der Waals surface area contributed by atoms with Gasteiger partial charge in [0, 0.05) is 29.6 Å². The van der Waals surface area contributed by atoms with Gasteiger partial charge < -0.3 is 29.7 Å². The van der Waals surface area contributed by atoms with E-state index in [1.54, 1.807) is 30.5 Å². The van der Waals surface area contributed by atoms with Crippen molar-refractivity contribution in [2.45, 2.75) is 45.6 Å². The topological polar surface area (TPSA) is 142 Å². The molecule has 2 aromatic heterocycles. The van der Waals surface area contributed by atoms with Gasteiger partial charge in [-0.15, -0.1) is 0 Å². The number of hydrogen-bond donors (Lipinski definition) is 4. The Bertz CT molecular complexity index is 1490. The van der Waals surface area contributed by atoms with Crippen molar-refractivity contribution in [2.75, 3.05) is 6.61 Å². The van der Waals surface area contributed by atoms with Crippen LogP contribution in [0.3, 0.4) is 0 Å². The molecule has 2 aromatic carbocycles. The van der Waals surface area contributed by atoms with Crippen LogP contribution in [0.4, 0.5) is 0 Å². The van der Waals surface area contributed by atoms with E-state index in [4.69, 9.17) is 9.15 Å². The minimum absolute atomic E-state index is 0.0181. The monoisotopic (exact) mass is 492 g/mol. The van der Waals surface area contributed by atoms with Gasteiger partial charge in [0.2, 0.25) is 0 Å². The summed E-state index contributed by atoms with van der Waals surface area (Å²) in [5.74, 6) is -1.34. The number of phenolic OH excluding ortho intramolecular Hbond substituents is 1. The zero-order valence-electron chi connectivity index (χ0n) is 20.1. The number of benzene rings is 2. The number of aryl methyl sites for hydroxylation is 2. The number of carboxylic acids is 1. The first-order valence-electron chi connectivity index (χ1n) is 11.8. The van der Waals surface area contributed by atoms with Crippen LogP contribution in [0.15, 0.2) is 51.8 Å². The van der Waals surface area contributed by atoms with Crippen molar-refractivity contribution in [2.24, 2.45) is 0 Å². The molecule has 2 heterocycles. The van der Waals surface area contributed by atoms with Gasteiger partial charge in [-0.1, -0.05) is 13.3 Å². The third kappa shape index (κ3) is 5.51. The molecule has 1 amide bonds. The van der Waals surface area contributed by atoms with Crippen molar-refractivity contribution in [3.63, 3.8) is 0 Å². The van der Waals surface area contributed by atoms with Crippen LogP contribution < -0.4 is 15.7 Å². The standard InChI is InChI=1S/C27H28N2O7/c1-3-4-5-16-11-25(32)36-23-9-15(2)8-22(26(16)23)35-14-24(31)29-21(27(33)34)10-17-13-28-20-7-6-18(30)12-19(17)20/h6-9,11-13,21,28,30H,3-5,10,14H2,1-2H3,(H,29,31)(H,33,34). The maximum atomic E-state index is 12.7. The van der Waals surface area contributed by atoms with E-state index in [1.807, 2.05) is 6.92 Å². The summed E-state index contributed by atoms with van der Waals surface area (Å²) in [6.45, 7) is 3.46. The first kappa shape index (κ1) is 24.8. The van der Waals surface area contributed by atoms with Crippen LogP contribution in [-0.4, -0.2) is 39.7 Å². The Morgan fingerprint density at radius 1 is 1.17 bits per heavy atom. The minimum atomic E-state index is -1.20. The molecule has 4 rings (SSSR count). The van der Waals surface area contributed by atoms with Gasteiger partial charge in [-0.05, 0) is 66.8 Å². The Labute approximate surface area is 206 Å². The molecule has 4 N–H and O–H groups in total. The molecule has 0 saturated heterocycles. The highest BCUT2D eigenvalue weighted by molar-refractivity contribution is 5.89. The number of nitrogens with one attached hydrogen (secondary N) is 2. The molecule has 0 spiro atoms. The van der Waals surface area contributed by atoms with E-state index in [0.717, 1.165) is 29.5 Å². The minimum Gasteiger partial charge on any atom is -0.508 e. The number of carbonyl (C=O) groups is 2. The van der Waals surface area contributed by atoms with Gasteiger partial charge in [0.1, 0.15) is 23.1 Å². The molecule has 1 unspecified atom stereocenters. The highest BCUT2D eigenvalue weighted by Gasteiger charge is 2.23. The number of phenols is 1. The molecule has 9 nitrogen and oxygen atoms in total. The van der Waals surface area contributed by atoms with E-state index in [1.165, 1.54) is 12.1 Å². The van der Waals surface area contributed by atoms with Crippen molar-refractivity contribution in [3.05, 3.63) is 69.7 Å². The number of fused-ring (bicyclic) bond motifs is 2. The fourth-order valence-corrected chi connectivity index (χ4v) is 4.28.